The van der Waals surface area contributed by atoms with Gasteiger partial charge in [0.25, 0.3) is 0 Å². The summed E-state index contributed by atoms with van der Waals surface area (Å²) in [6, 6.07) is 9.38. The summed E-state index contributed by atoms with van der Waals surface area (Å²) in [6.07, 6.45) is 3.53. The summed E-state index contributed by atoms with van der Waals surface area (Å²) in [6.45, 7) is 2.14. The zero-order valence-corrected chi connectivity index (χ0v) is 15.7. The lowest BCUT2D eigenvalue weighted by atomic mass is 9.93. The van der Waals surface area contributed by atoms with Crippen LogP contribution in [0.3, 0.4) is 0 Å². The first kappa shape index (κ1) is 17.8. The largest absolute Gasteiger partial charge is 0.507 e. The summed E-state index contributed by atoms with van der Waals surface area (Å²) in [5.41, 5.74) is 1.86. The smallest absolute Gasteiger partial charge is 0.231 e. The van der Waals surface area contributed by atoms with Gasteiger partial charge < -0.3 is 24.1 Å². The molecule has 4 rings (SSSR count). The molecule has 2 heterocycles. The maximum atomic E-state index is 10.7. The molecule has 6 heteroatoms. The first-order valence-corrected chi connectivity index (χ1v) is 9.29. The van der Waals surface area contributed by atoms with Gasteiger partial charge in [0, 0.05) is 11.6 Å². The van der Waals surface area contributed by atoms with Crippen LogP contribution in [0.1, 0.15) is 36.4 Å². The van der Waals surface area contributed by atoms with Gasteiger partial charge in [-0.1, -0.05) is 12.5 Å². The Labute approximate surface area is 159 Å². The third-order valence-electron chi connectivity index (χ3n) is 5.30. The number of methoxy groups -OCH3 is 2. The third kappa shape index (κ3) is 3.37. The van der Waals surface area contributed by atoms with Gasteiger partial charge in [-0.05, 0) is 49.7 Å². The van der Waals surface area contributed by atoms with Crippen molar-refractivity contribution in [1.29, 1.82) is 0 Å². The summed E-state index contributed by atoms with van der Waals surface area (Å²) >= 11 is 0. The Hall–Kier alpha value is -2.60. The predicted molar refractivity (Wildman–Crippen MR) is 101 cm³/mol. The van der Waals surface area contributed by atoms with Gasteiger partial charge in [-0.25, -0.2) is 0 Å². The van der Waals surface area contributed by atoms with Crippen molar-refractivity contribution in [3.8, 4) is 28.7 Å². The van der Waals surface area contributed by atoms with E-state index < -0.39 is 0 Å². The van der Waals surface area contributed by atoms with Crippen LogP contribution in [0.4, 0.5) is 0 Å². The molecule has 144 valence electrons. The van der Waals surface area contributed by atoms with Crippen LogP contribution in [0.25, 0.3) is 0 Å². The second kappa shape index (κ2) is 7.56. The molecule has 6 nitrogen and oxygen atoms in total. The van der Waals surface area contributed by atoms with E-state index in [9.17, 15) is 5.11 Å². The maximum Gasteiger partial charge on any atom is 0.231 e. The summed E-state index contributed by atoms with van der Waals surface area (Å²) in [4.78, 5) is 2.40. The third-order valence-corrected chi connectivity index (χ3v) is 5.30. The number of fused-ring (bicyclic) bond motifs is 1. The molecule has 2 aromatic carbocycles. The van der Waals surface area contributed by atoms with Crippen molar-refractivity contribution in [2.75, 3.05) is 34.1 Å². The van der Waals surface area contributed by atoms with E-state index in [2.05, 4.69) is 4.90 Å². The number of phenolic OH excluding ortho intramolecular Hbond substituents is 1. The van der Waals surface area contributed by atoms with Gasteiger partial charge in [0.05, 0.1) is 20.3 Å². The lowest BCUT2D eigenvalue weighted by Gasteiger charge is -2.35. The highest BCUT2D eigenvalue weighted by Crippen LogP contribution is 2.44. The average Bonchev–Trinajstić information content (AvgIpc) is 3.16. The molecule has 0 aliphatic carbocycles. The van der Waals surface area contributed by atoms with E-state index in [1.807, 2.05) is 24.3 Å². The molecule has 1 saturated heterocycles. The molecule has 2 aliphatic rings. The normalized spacial score (nSPS) is 17.6. The summed E-state index contributed by atoms with van der Waals surface area (Å²) in [7, 11) is 3.26. The number of piperidine rings is 1. The fourth-order valence-electron chi connectivity index (χ4n) is 3.95. The molecule has 1 N–H and O–H groups in total. The Kier molecular flexibility index (Phi) is 4.99. The van der Waals surface area contributed by atoms with E-state index in [-0.39, 0.29) is 18.6 Å². The highest BCUT2D eigenvalue weighted by atomic mass is 16.7. The van der Waals surface area contributed by atoms with Crippen LogP contribution in [0.15, 0.2) is 30.3 Å². The van der Waals surface area contributed by atoms with Crippen molar-refractivity contribution in [3.05, 3.63) is 41.5 Å². The van der Waals surface area contributed by atoms with E-state index in [0.717, 1.165) is 37.1 Å². The van der Waals surface area contributed by atoms with Crippen molar-refractivity contribution in [2.24, 2.45) is 0 Å². The number of rotatable bonds is 5. The first-order chi connectivity index (χ1) is 13.2. The SMILES string of the molecule is COc1ccc([C@@H](c2cc3c(cc2O)OCO3)N2CCCCC2)cc1OC. The van der Waals surface area contributed by atoms with Gasteiger partial charge in [0.2, 0.25) is 6.79 Å². The number of nitrogens with zero attached hydrogens (tertiary/aromatic N) is 1. The highest BCUT2D eigenvalue weighted by molar-refractivity contribution is 5.55. The van der Waals surface area contributed by atoms with Crippen molar-refractivity contribution >= 4 is 0 Å². The second-order valence-corrected chi connectivity index (χ2v) is 6.88. The van der Waals surface area contributed by atoms with Gasteiger partial charge in [-0.15, -0.1) is 0 Å². The van der Waals surface area contributed by atoms with Gasteiger partial charge in [-0.3, -0.25) is 4.90 Å². The van der Waals surface area contributed by atoms with Crippen LogP contribution in [0, 0.1) is 0 Å². The molecular formula is C21H25NO5. The molecule has 1 fully saturated rings. The first-order valence-electron chi connectivity index (χ1n) is 9.29. The van der Waals surface area contributed by atoms with Crippen molar-refractivity contribution in [1.82, 2.24) is 4.90 Å². The molecule has 1 atom stereocenters. The molecular weight excluding hydrogens is 346 g/mol. The Balaban J connectivity index is 1.81. The molecule has 0 bridgehead atoms. The monoisotopic (exact) mass is 371 g/mol. The van der Waals surface area contributed by atoms with Crippen molar-refractivity contribution in [2.45, 2.75) is 25.3 Å². The fourth-order valence-corrected chi connectivity index (χ4v) is 3.95. The Bertz CT molecular complexity index is 816. The van der Waals surface area contributed by atoms with Gasteiger partial charge >= 0.3 is 0 Å². The predicted octanol–water partition coefficient (Wildman–Crippen LogP) is 3.71. The lowest BCUT2D eigenvalue weighted by Crippen LogP contribution is -2.34. The standard InChI is InChI=1S/C21H25NO5/c1-24-17-7-6-14(10-18(17)25-2)21(22-8-4-3-5-9-22)15-11-19-20(12-16(15)23)27-13-26-19/h6-7,10-12,21,23H,3-5,8-9,13H2,1-2H3/t21-/m0/s1. The summed E-state index contributed by atoms with van der Waals surface area (Å²) < 4.78 is 21.8. The second-order valence-electron chi connectivity index (χ2n) is 6.88. The maximum absolute atomic E-state index is 10.7. The minimum atomic E-state index is -0.0976. The molecule has 2 aliphatic heterocycles. The summed E-state index contributed by atoms with van der Waals surface area (Å²) in [5.74, 6) is 2.83. The number of phenols is 1. The van der Waals surface area contributed by atoms with Crippen LogP contribution >= 0.6 is 0 Å². The van der Waals surface area contributed by atoms with E-state index in [0.29, 0.717) is 23.0 Å². The zero-order chi connectivity index (χ0) is 18.8. The topological polar surface area (TPSA) is 60.4 Å². The number of benzene rings is 2. The van der Waals surface area contributed by atoms with E-state index in [1.165, 1.54) is 6.42 Å². The number of aromatic hydroxyl groups is 1. The summed E-state index contributed by atoms with van der Waals surface area (Å²) in [5, 5.41) is 10.7. The number of hydrogen-bond acceptors (Lipinski definition) is 6. The van der Waals surface area contributed by atoms with Gasteiger partial charge in [0.1, 0.15) is 5.75 Å². The number of likely N-dealkylation sites (tertiary alicyclic amines) is 1. The molecule has 0 amide bonds. The lowest BCUT2D eigenvalue weighted by molar-refractivity contribution is 0.173. The fraction of sp³-hybridized carbons (Fsp3) is 0.429. The van der Waals surface area contributed by atoms with Crippen LogP contribution < -0.4 is 18.9 Å². The van der Waals surface area contributed by atoms with Crippen LogP contribution in [-0.4, -0.2) is 44.1 Å². The quantitative estimate of drug-likeness (QED) is 0.865. The minimum Gasteiger partial charge on any atom is -0.507 e. The van der Waals surface area contributed by atoms with E-state index in [1.54, 1.807) is 20.3 Å². The minimum absolute atomic E-state index is 0.0976. The molecule has 0 aromatic heterocycles. The van der Waals surface area contributed by atoms with Crippen LogP contribution in [0.2, 0.25) is 0 Å². The van der Waals surface area contributed by atoms with Gasteiger partial charge in [-0.2, -0.15) is 0 Å². The van der Waals surface area contributed by atoms with E-state index >= 15 is 0 Å². The Morgan fingerprint density at radius 1 is 0.926 bits per heavy atom. The molecule has 0 radical (unpaired) electrons. The number of ether oxygens (including phenoxy) is 4. The number of hydrogen-bond donors (Lipinski definition) is 1. The zero-order valence-electron chi connectivity index (χ0n) is 15.7. The van der Waals surface area contributed by atoms with Crippen molar-refractivity contribution < 1.29 is 24.1 Å². The van der Waals surface area contributed by atoms with Gasteiger partial charge in [0.15, 0.2) is 23.0 Å². The molecule has 27 heavy (non-hydrogen) atoms. The molecule has 2 aromatic rings. The highest BCUT2D eigenvalue weighted by Gasteiger charge is 2.29. The van der Waals surface area contributed by atoms with Crippen LogP contribution in [-0.2, 0) is 0 Å². The molecule has 0 spiro atoms. The Morgan fingerprint density at radius 3 is 2.33 bits per heavy atom. The Morgan fingerprint density at radius 2 is 1.63 bits per heavy atom. The van der Waals surface area contributed by atoms with Crippen LogP contribution in [0.5, 0.6) is 28.7 Å². The average molecular weight is 371 g/mol. The molecule has 0 unspecified atom stereocenters. The van der Waals surface area contributed by atoms with Crippen molar-refractivity contribution in [3.63, 3.8) is 0 Å². The van der Waals surface area contributed by atoms with E-state index in [4.69, 9.17) is 18.9 Å². The molecule has 0 saturated carbocycles.